The van der Waals surface area contributed by atoms with Crippen molar-refractivity contribution in [2.75, 3.05) is 25.0 Å². The quantitative estimate of drug-likeness (QED) is 0.544. The van der Waals surface area contributed by atoms with Crippen LogP contribution in [0.1, 0.15) is 24.1 Å². The fourth-order valence-electron chi connectivity index (χ4n) is 3.08. The standard InChI is InChI=1S/C20H22F2N2O6S2/c21-20(22)30-15-6-4-14(5-7-15)23-17(25)13-29-18(26)12-16-8-9-19(31-16)32(27,28)24-10-2-1-3-11-24/h4-9,20H,1-3,10-13H2,(H,23,25). The maximum absolute atomic E-state index is 12.7. The number of thiophene rings is 1. The minimum atomic E-state index is -3.56. The molecule has 8 nitrogen and oxygen atoms in total. The topological polar surface area (TPSA) is 102 Å². The number of nitrogens with zero attached hydrogens (tertiary/aromatic N) is 1. The van der Waals surface area contributed by atoms with E-state index in [2.05, 4.69) is 10.1 Å². The number of anilines is 1. The fourth-order valence-corrected chi connectivity index (χ4v) is 6.09. The van der Waals surface area contributed by atoms with Gasteiger partial charge in [-0.1, -0.05) is 6.42 Å². The Labute approximate surface area is 188 Å². The normalized spacial score (nSPS) is 14.8. The van der Waals surface area contributed by atoms with Crippen molar-refractivity contribution in [3.05, 3.63) is 41.3 Å². The molecule has 0 atom stereocenters. The van der Waals surface area contributed by atoms with Gasteiger partial charge in [0, 0.05) is 23.7 Å². The van der Waals surface area contributed by atoms with Gasteiger partial charge in [-0.15, -0.1) is 11.3 Å². The molecule has 12 heteroatoms. The van der Waals surface area contributed by atoms with E-state index < -0.39 is 35.1 Å². The van der Waals surface area contributed by atoms with Gasteiger partial charge in [-0.2, -0.15) is 13.1 Å². The van der Waals surface area contributed by atoms with Crippen molar-refractivity contribution in [1.82, 2.24) is 4.31 Å². The first kappa shape index (κ1) is 24.1. The number of esters is 1. The van der Waals surface area contributed by atoms with Gasteiger partial charge < -0.3 is 14.8 Å². The van der Waals surface area contributed by atoms with E-state index in [4.69, 9.17) is 4.74 Å². The SMILES string of the molecule is O=C(COC(=O)Cc1ccc(S(=O)(=O)N2CCCCC2)s1)Nc1ccc(OC(F)F)cc1. The number of carbonyl (C=O) groups is 2. The van der Waals surface area contributed by atoms with Crippen molar-refractivity contribution in [2.45, 2.75) is 36.5 Å². The van der Waals surface area contributed by atoms with Gasteiger partial charge >= 0.3 is 12.6 Å². The minimum absolute atomic E-state index is 0.0537. The lowest BCUT2D eigenvalue weighted by Crippen LogP contribution is -2.35. The van der Waals surface area contributed by atoms with E-state index in [0.717, 1.165) is 30.6 Å². The first-order valence-corrected chi connectivity index (χ1v) is 12.1. The van der Waals surface area contributed by atoms with Crippen molar-refractivity contribution in [1.29, 1.82) is 0 Å². The Morgan fingerprint density at radius 2 is 1.75 bits per heavy atom. The predicted octanol–water partition coefficient (Wildman–Crippen LogP) is 3.25. The predicted molar refractivity (Wildman–Crippen MR) is 113 cm³/mol. The molecule has 1 fully saturated rings. The minimum Gasteiger partial charge on any atom is -0.455 e. The van der Waals surface area contributed by atoms with Crippen LogP contribution in [0, 0.1) is 0 Å². The number of halogens is 2. The van der Waals surface area contributed by atoms with Gasteiger partial charge in [-0.05, 0) is 49.2 Å². The molecule has 174 valence electrons. The maximum atomic E-state index is 12.7. The Bertz CT molecular complexity index is 1030. The lowest BCUT2D eigenvalue weighted by molar-refractivity contribution is -0.146. The van der Waals surface area contributed by atoms with Crippen LogP contribution in [0.5, 0.6) is 5.75 Å². The number of nitrogens with one attached hydrogen (secondary N) is 1. The van der Waals surface area contributed by atoms with Crippen LogP contribution in [0.3, 0.4) is 0 Å². The van der Waals surface area contributed by atoms with Crippen LogP contribution in [0.4, 0.5) is 14.5 Å². The first-order valence-electron chi connectivity index (χ1n) is 9.83. The molecule has 1 aromatic carbocycles. The highest BCUT2D eigenvalue weighted by atomic mass is 32.2. The van der Waals surface area contributed by atoms with E-state index in [1.165, 1.54) is 34.6 Å². The average Bonchev–Trinajstić information content (AvgIpc) is 3.23. The molecule has 0 aliphatic carbocycles. The van der Waals surface area contributed by atoms with Gasteiger partial charge in [0.15, 0.2) is 6.61 Å². The Kier molecular flexibility index (Phi) is 8.15. The Balaban J connectivity index is 1.46. The number of rotatable bonds is 9. The highest BCUT2D eigenvalue weighted by Crippen LogP contribution is 2.27. The monoisotopic (exact) mass is 488 g/mol. The molecule has 0 bridgehead atoms. The number of carbonyl (C=O) groups excluding carboxylic acids is 2. The molecular formula is C20H22F2N2O6S2. The number of alkyl halides is 2. The second-order valence-corrected chi connectivity index (χ2v) is 10.3. The molecule has 2 heterocycles. The summed E-state index contributed by atoms with van der Waals surface area (Å²) in [5, 5.41) is 2.46. The summed E-state index contributed by atoms with van der Waals surface area (Å²) in [6, 6.07) is 8.30. The lowest BCUT2D eigenvalue weighted by Gasteiger charge is -2.25. The van der Waals surface area contributed by atoms with Crippen LogP contribution in [0.25, 0.3) is 0 Å². The molecule has 2 aromatic rings. The van der Waals surface area contributed by atoms with Crippen LogP contribution >= 0.6 is 11.3 Å². The van der Waals surface area contributed by atoms with Crippen molar-refractivity contribution < 1.29 is 36.3 Å². The number of sulfonamides is 1. The summed E-state index contributed by atoms with van der Waals surface area (Å²) >= 11 is 1.01. The zero-order valence-electron chi connectivity index (χ0n) is 17.0. The molecule has 1 amide bonds. The third-order valence-electron chi connectivity index (χ3n) is 4.59. The molecule has 0 radical (unpaired) electrons. The molecule has 0 saturated carbocycles. The molecule has 1 N–H and O–H groups in total. The summed E-state index contributed by atoms with van der Waals surface area (Å²) in [5.41, 5.74) is 0.318. The van der Waals surface area contributed by atoms with E-state index in [0.29, 0.717) is 23.7 Å². The summed E-state index contributed by atoms with van der Waals surface area (Å²) in [5.74, 6) is -1.34. The van der Waals surface area contributed by atoms with Gasteiger partial charge in [0.05, 0.1) is 6.42 Å². The van der Waals surface area contributed by atoms with Gasteiger partial charge in [-0.25, -0.2) is 8.42 Å². The van der Waals surface area contributed by atoms with Crippen molar-refractivity contribution >= 4 is 38.9 Å². The Morgan fingerprint density at radius 3 is 2.41 bits per heavy atom. The average molecular weight is 489 g/mol. The molecule has 1 aromatic heterocycles. The third kappa shape index (κ3) is 6.71. The van der Waals surface area contributed by atoms with Crippen molar-refractivity contribution in [3.8, 4) is 5.75 Å². The van der Waals surface area contributed by atoms with Crippen LogP contribution < -0.4 is 10.1 Å². The Morgan fingerprint density at radius 1 is 1.06 bits per heavy atom. The van der Waals surface area contributed by atoms with Crippen LogP contribution in [0.15, 0.2) is 40.6 Å². The highest BCUT2D eigenvalue weighted by Gasteiger charge is 2.27. The first-order chi connectivity index (χ1) is 15.2. The number of amides is 1. The number of benzene rings is 1. The second kappa shape index (κ2) is 10.8. The Hall–Kier alpha value is -2.57. The molecule has 1 aliphatic heterocycles. The molecule has 0 spiro atoms. The molecule has 0 unspecified atom stereocenters. The van der Waals surface area contributed by atoms with Crippen molar-refractivity contribution in [3.63, 3.8) is 0 Å². The summed E-state index contributed by atoms with van der Waals surface area (Å²) in [4.78, 5) is 24.5. The van der Waals surface area contributed by atoms with Crippen molar-refractivity contribution in [2.24, 2.45) is 0 Å². The zero-order chi connectivity index (χ0) is 23.1. The lowest BCUT2D eigenvalue weighted by atomic mass is 10.2. The van der Waals surface area contributed by atoms with Gasteiger partial charge in [-0.3, -0.25) is 9.59 Å². The van der Waals surface area contributed by atoms with Crippen LogP contribution in [0.2, 0.25) is 0 Å². The summed E-state index contributed by atoms with van der Waals surface area (Å²) < 4.78 is 60.4. The van der Waals surface area contributed by atoms with Crippen LogP contribution in [-0.4, -0.2) is 50.9 Å². The van der Waals surface area contributed by atoms with E-state index in [1.807, 2.05) is 0 Å². The molecular weight excluding hydrogens is 466 g/mol. The van der Waals surface area contributed by atoms with Gasteiger partial charge in [0.1, 0.15) is 9.96 Å². The van der Waals surface area contributed by atoms with E-state index in [1.54, 1.807) is 6.07 Å². The van der Waals surface area contributed by atoms with E-state index in [9.17, 15) is 26.8 Å². The third-order valence-corrected chi connectivity index (χ3v) is 8.04. The maximum Gasteiger partial charge on any atom is 0.387 e. The summed E-state index contributed by atoms with van der Waals surface area (Å²) in [6.07, 6.45) is 2.52. The van der Waals surface area contributed by atoms with Gasteiger partial charge in [0.2, 0.25) is 0 Å². The zero-order valence-corrected chi connectivity index (χ0v) is 18.6. The fraction of sp³-hybridized carbons (Fsp3) is 0.400. The van der Waals surface area contributed by atoms with Crippen LogP contribution in [-0.2, 0) is 30.8 Å². The molecule has 1 aliphatic rings. The molecule has 1 saturated heterocycles. The molecule has 32 heavy (non-hydrogen) atoms. The van der Waals surface area contributed by atoms with E-state index >= 15 is 0 Å². The number of ether oxygens (including phenoxy) is 2. The smallest absolute Gasteiger partial charge is 0.387 e. The largest absolute Gasteiger partial charge is 0.455 e. The summed E-state index contributed by atoms with van der Waals surface area (Å²) in [6.45, 7) is -2.50. The highest BCUT2D eigenvalue weighted by molar-refractivity contribution is 7.91. The number of hydrogen-bond donors (Lipinski definition) is 1. The number of hydrogen-bond acceptors (Lipinski definition) is 7. The molecule has 3 rings (SSSR count). The second-order valence-electron chi connectivity index (χ2n) is 6.97. The summed E-state index contributed by atoms with van der Waals surface area (Å²) in [7, 11) is -3.56. The number of piperidine rings is 1. The van der Waals surface area contributed by atoms with Gasteiger partial charge in [0.25, 0.3) is 15.9 Å². The van der Waals surface area contributed by atoms with E-state index in [-0.39, 0.29) is 16.4 Å².